The summed E-state index contributed by atoms with van der Waals surface area (Å²) >= 11 is 0. The Bertz CT molecular complexity index is 262. The van der Waals surface area contributed by atoms with Crippen molar-refractivity contribution in [2.24, 2.45) is 11.3 Å². The summed E-state index contributed by atoms with van der Waals surface area (Å²) in [6, 6.07) is 0. The van der Waals surface area contributed by atoms with Crippen LogP contribution in [0.15, 0.2) is 11.1 Å². The van der Waals surface area contributed by atoms with E-state index in [1.54, 1.807) is 11.1 Å². The standard InChI is InChI=1S/C13H22O/c1-9-10-5-4-8-13(2,3)11(10)6-7-12(9)14/h9,12,14H,4-8H2,1-3H3. The summed E-state index contributed by atoms with van der Waals surface area (Å²) in [5.41, 5.74) is 3.66. The van der Waals surface area contributed by atoms with E-state index in [-0.39, 0.29) is 6.10 Å². The molecule has 2 unspecified atom stereocenters. The van der Waals surface area contributed by atoms with Crippen molar-refractivity contribution < 1.29 is 5.11 Å². The van der Waals surface area contributed by atoms with Gasteiger partial charge >= 0.3 is 0 Å². The van der Waals surface area contributed by atoms with Crippen LogP contribution in [-0.4, -0.2) is 11.2 Å². The van der Waals surface area contributed by atoms with Crippen molar-refractivity contribution in [3.63, 3.8) is 0 Å². The quantitative estimate of drug-likeness (QED) is 0.587. The summed E-state index contributed by atoms with van der Waals surface area (Å²) < 4.78 is 0. The molecule has 0 saturated heterocycles. The van der Waals surface area contributed by atoms with Crippen molar-refractivity contribution in [2.75, 3.05) is 0 Å². The van der Waals surface area contributed by atoms with E-state index < -0.39 is 0 Å². The zero-order valence-electron chi connectivity index (χ0n) is 9.64. The summed E-state index contributed by atoms with van der Waals surface area (Å²) in [6.07, 6.45) is 5.90. The third-order valence-corrected chi connectivity index (χ3v) is 4.27. The Morgan fingerprint density at radius 1 is 1.29 bits per heavy atom. The highest BCUT2D eigenvalue weighted by Gasteiger charge is 2.36. The summed E-state index contributed by atoms with van der Waals surface area (Å²) in [5.74, 6) is 0.415. The number of hydrogen-bond donors (Lipinski definition) is 1. The second-order valence-corrected chi connectivity index (χ2v) is 5.64. The predicted molar refractivity (Wildman–Crippen MR) is 59.1 cm³/mol. The van der Waals surface area contributed by atoms with Gasteiger partial charge in [-0.05, 0) is 37.5 Å². The molecule has 0 spiro atoms. The van der Waals surface area contributed by atoms with E-state index in [9.17, 15) is 5.11 Å². The number of aliphatic hydroxyl groups is 1. The van der Waals surface area contributed by atoms with E-state index in [2.05, 4.69) is 20.8 Å². The first-order valence-corrected chi connectivity index (χ1v) is 5.93. The summed E-state index contributed by atoms with van der Waals surface area (Å²) in [6.45, 7) is 6.93. The van der Waals surface area contributed by atoms with Crippen LogP contribution < -0.4 is 0 Å². The van der Waals surface area contributed by atoms with Gasteiger partial charge < -0.3 is 5.11 Å². The summed E-state index contributed by atoms with van der Waals surface area (Å²) in [7, 11) is 0. The smallest absolute Gasteiger partial charge is 0.0606 e. The van der Waals surface area contributed by atoms with E-state index in [4.69, 9.17) is 0 Å². The van der Waals surface area contributed by atoms with Gasteiger partial charge in [0, 0.05) is 5.92 Å². The van der Waals surface area contributed by atoms with E-state index in [0.29, 0.717) is 11.3 Å². The molecular weight excluding hydrogens is 172 g/mol. The third-order valence-electron chi connectivity index (χ3n) is 4.27. The molecule has 0 bridgehead atoms. The average Bonchev–Trinajstić information content (AvgIpc) is 2.11. The molecule has 0 radical (unpaired) electrons. The zero-order valence-corrected chi connectivity index (χ0v) is 9.64. The Labute approximate surface area is 87.2 Å². The van der Waals surface area contributed by atoms with Crippen LogP contribution in [0.1, 0.15) is 52.9 Å². The molecule has 2 atom stereocenters. The highest BCUT2D eigenvalue weighted by Crippen LogP contribution is 2.48. The maximum absolute atomic E-state index is 9.85. The largest absolute Gasteiger partial charge is 0.393 e. The number of rotatable bonds is 0. The Morgan fingerprint density at radius 2 is 2.00 bits per heavy atom. The fourth-order valence-corrected chi connectivity index (χ4v) is 3.23. The number of hydrogen-bond acceptors (Lipinski definition) is 1. The first-order chi connectivity index (χ1) is 6.52. The normalized spacial score (nSPS) is 36.9. The first-order valence-electron chi connectivity index (χ1n) is 5.93. The molecule has 0 fully saturated rings. The maximum atomic E-state index is 9.85. The fourth-order valence-electron chi connectivity index (χ4n) is 3.23. The van der Waals surface area contributed by atoms with Crippen LogP contribution in [0, 0.1) is 11.3 Å². The van der Waals surface area contributed by atoms with Gasteiger partial charge in [0.25, 0.3) is 0 Å². The first kappa shape index (κ1) is 10.2. The van der Waals surface area contributed by atoms with Gasteiger partial charge in [0.05, 0.1) is 6.10 Å². The van der Waals surface area contributed by atoms with Crippen molar-refractivity contribution >= 4 is 0 Å². The molecule has 2 rings (SSSR count). The van der Waals surface area contributed by atoms with Crippen molar-refractivity contribution in [1.82, 2.24) is 0 Å². The van der Waals surface area contributed by atoms with Crippen molar-refractivity contribution in [3.8, 4) is 0 Å². The fraction of sp³-hybridized carbons (Fsp3) is 0.846. The Morgan fingerprint density at radius 3 is 2.71 bits per heavy atom. The SMILES string of the molecule is CC1C2=C(CCC1O)C(C)(C)CCC2. The molecule has 1 N–H and O–H groups in total. The predicted octanol–water partition coefficient (Wildman–Crippen LogP) is 3.28. The van der Waals surface area contributed by atoms with Crippen LogP contribution in [0.3, 0.4) is 0 Å². The molecule has 0 amide bonds. The lowest BCUT2D eigenvalue weighted by molar-refractivity contribution is 0.104. The minimum absolute atomic E-state index is 0.0809. The Kier molecular flexibility index (Phi) is 2.46. The second kappa shape index (κ2) is 3.37. The van der Waals surface area contributed by atoms with Crippen molar-refractivity contribution in [3.05, 3.63) is 11.1 Å². The molecule has 0 aromatic carbocycles. The Hall–Kier alpha value is -0.300. The van der Waals surface area contributed by atoms with Crippen LogP contribution in [0.5, 0.6) is 0 Å². The maximum Gasteiger partial charge on any atom is 0.0606 e. The van der Waals surface area contributed by atoms with Crippen LogP contribution in [0.4, 0.5) is 0 Å². The van der Waals surface area contributed by atoms with E-state index in [0.717, 1.165) is 12.8 Å². The van der Waals surface area contributed by atoms with Gasteiger partial charge in [0.2, 0.25) is 0 Å². The van der Waals surface area contributed by atoms with Gasteiger partial charge in [-0.1, -0.05) is 31.9 Å². The van der Waals surface area contributed by atoms with E-state index in [1.165, 1.54) is 19.3 Å². The van der Waals surface area contributed by atoms with Gasteiger partial charge in [-0.15, -0.1) is 0 Å². The van der Waals surface area contributed by atoms with Crippen LogP contribution in [0.2, 0.25) is 0 Å². The molecule has 0 saturated carbocycles. The number of allylic oxidation sites excluding steroid dienone is 1. The highest BCUT2D eigenvalue weighted by molar-refractivity contribution is 5.28. The van der Waals surface area contributed by atoms with Gasteiger partial charge in [-0.25, -0.2) is 0 Å². The highest BCUT2D eigenvalue weighted by atomic mass is 16.3. The van der Waals surface area contributed by atoms with Crippen molar-refractivity contribution in [1.29, 1.82) is 0 Å². The van der Waals surface area contributed by atoms with Gasteiger partial charge in [0.1, 0.15) is 0 Å². The number of aliphatic hydroxyl groups excluding tert-OH is 1. The lowest BCUT2D eigenvalue weighted by atomic mass is 9.65. The van der Waals surface area contributed by atoms with E-state index in [1.807, 2.05) is 0 Å². The third kappa shape index (κ3) is 1.52. The van der Waals surface area contributed by atoms with Gasteiger partial charge in [0.15, 0.2) is 0 Å². The average molecular weight is 194 g/mol. The molecule has 1 heteroatoms. The molecule has 0 aliphatic heterocycles. The van der Waals surface area contributed by atoms with E-state index >= 15 is 0 Å². The molecule has 2 aliphatic rings. The molecule has 2 aliphatic carbocycles. The van der Waals surface area contributed by atoms with Gasteiger partial charge in [-0.2, -0.15) is 0 Å². The summed E-state index contributed by atoms with van der Waals surface area (Å²) in [4.78, 5) is 0. The molecule has 14 heavy (non-hydrogen) atoms. The lowest BCUT2D eigenvalue weighted by Crippen LogP contribution is -2.32. The molecule has 0 heterocycles. The van der Waals surface area contributed by atoms with Crippen LogP contribution in [-0.2, 0) is 0 Å². The zero-order chi connectivity index (χ0) is 10.3. The van der Waals surface area contributed by atoms with Crippen molar-refractivity contribution in [2.45, 2.75) is 59.0 Å². The molecule has 80 valence electrons. The second-order valence-electron chi connectivity index (χ2n) is 5.64. The topological polar surface area (TPSA) is 20.2 Å². The summed E-state index contributed by atoms with van der Waals surface area (Å²) in [5, 5.41) is 9.85. The van der Waals surface area contributed by atoms with Crippen LogP contribution in [0.25, 0.3) is 0 Å². The molecule has 0 aromatic heterocycles. The minimum Gasteiger partial charge on any atom is -0.393 e. The molecule has 0 aromatic rings. The molecule has 1 nitrogen and oxygen atoms in total. The minimum atomic E-state index is -0.0809. The Balaban J connectivity index is 2.36. The lowest BCUT2D eigenvalue weighted by Gasteiger charge is -2.42. The van der Waals surface area contributed by atoms with Crippen LogP contribution >= 0.6 is 0 Å². The monoisotopic (exact) mass is 194 g/mol. The van der Waals surface area contributed by atoms with Gasteiger partial charge in [-0.3, -0.25) is 0 Å². The molecular formula is C13H22O.